The maximum atomic E-state index is 12.1. The summed E-state index contributed by atoms with van der Waals surface area (Å²) in [6.07, 6.45) is 4.24. The number of piperidine rings is 1. The summed E-state index contributed by atoms with van der Waals surface area (Å²) >= 11 is 0. The molecule has 0 aromatic heterocycles. The summed E-state index contributed by atoms with van der Waals surface area (Å²) in [4.78, 5) is 35.6. The smallest absolute Gasteiger partial charge is 0.339 e. The number of carboxylic acids is 1. The quantitative estimate of drug-likeness (QED) is 0.352. The third-order valence-corrected chi connectivity index (χ3v) is 3.96. The third-order valence-electron chi connectivity index (χ3n) is 3.96. The lowest BCUT2D eigenvalue weighted by Gasteiger charge is -2.26. The Labute approximate surface area is 139 Å². The first kappa shape index (κ1) is 17.9. The van der Waals surface area contributed by atoms with E-state index in [1.807, 2.05) is 0 Å². The van der Waals surface area contributed by atoms with Gasteiger partial charge in [0.15, 0.2) is 0 Å². The van der Waals surface area contributed by atoms with Gasteiger partial charge < -0.3 is 14.7 Å². The lowest BCUT2D eigenvalue weighted by molar-refractivity contribution is -0.384. The van der Waals surface area contributed by atoms with Crippen molar-refractivity contribution in [3.05, 3.63) is 39.4 Å². The van der Waals surface area contributed by atoms with Crippen molar-refractivity contribution < 1.29 is 24.4 Å². The molecule has 0 unspecified atom stereocenters. The summed E-state index contributed by atoms with van der Waals surface area (Å²) in [6, 6.07) is 3.04. The zero-order valence-corrected chi connectivity index (χ0v) is 13.3. The van der Waals surface area contributed by atoms with Crippen LogP contribution in [-0.4, -0.2) is 53.1 Å². The topological polar surface area (TPSA) is 110 Å². The molecule has 1 heterocycles. The van der Waals surface area contributed by atoms with Crippen molar-refractivity contribution >= 4 is 17.6 Å². The summed E-state index contributed by atoms with van der Waals surface area (Å²) in [7, 11) is 0. The third kappa shape index (κ3) is 4.76. The van der Waals surface area contributed by atoms with Gasteiger partial charge in [-0.25, -0.2) is 9.59 Å². The van der Waals surface area contributed by atoms with Gasteiger partial charge in [-0.1, -0.05) is 6.42 Å². The molecule has 0 bridgehead atoms. The van der Waals surface area contributed by atoms with Gasteiger partial charge in [0.25, 0.3) is 5.69 Å². The van der Waals surface area contributed by atoms with Gasteiger partial charge in [-0.15, -0.1) is 0 Å². The Bertz CT molecular complexity index is 625. The molecule has 0 atom stereocenters. The predicted molar refractivity (Wildman–Crippen MR) is 85.2 cm³/mol. The van der Waals surface area contributed by atoms with Gasteiger partial charge in [-0.2, -0.15) is 0 Å². The highest BCUT2D eigenvalue weighted by Gasteiger charge is 2.21. The van der Waals surface area contributed by atoms with Gasteiger partial charge in [0.05, 0.1) is 22.7 Å². The molecule has 130 valence electrons. The Morgan fingerprint density at radius 2 is 1.92 bits per heavy atom. The van der Waals surface area contributed by atoms with Crippen LogP contribution < -0.4 is 0 Å². The first-order valence-electron chi connectivity index (χ1n) is 7.90. The lowest BCUT2D eigenvalue weighted by atomic mass is 10.1. The van der Waals surface area contributed by atoms with E-state index in [1.54, 1.807) is 0 Å². The Morgan fingerprint density at radius 1 is 1.21 bits per heavy atom. The average Bonchev–Trinajstić information content (AvgIpc) is 2.58. The van der Waals surface area contributed by atoms with Crippen molar-refractivity contribution in [3.8, 4) is 0 Å². The molecule has 1 aliphatic heterocycles. The second-order valence-corrected chi connectivity index (χ2v) is 5.68. The fourth-order valence-electron chi connectivity index (χ4n) is 2.71. The molecule has 1 fully saturated rings. The van der Waals surface area contributed by atoms with Crippen LogP contribution >= 0.6 is 0 Å². The first-order chi connectivity index (χ1) is 11.5. The molecular formula is C16H20N2O6. The standard InChI is InChI=1S/C16H20N2O6/c19-15(20)13-6-5-12(18(22)23)11-14(13)16(21)24-10-4-9-17-7-2-1-3-8-17/h5-6,11H,1-4,7-10H2,(H,19,20). The number of aromatic carboxylic acids is 1. The molecule has 24 heavy (non-hydrogen) atoms. The van der Waals surface area contributed by atoms with E-state index in [1.165, 1.54) is 19.3 Å². The number of hydrogen-bond donors (Lipinski definition) is 1. The van der Waals surface area contributed by atoms with E-state index in [2.05, 4.69) is 4.90 Å². The molecule has 0 aliphatic carbocycles. The number of carbonyl (C=O) groups excluding carboxylic acids is 1. The van der Waals surface area contributed by atoms with Crippen LogP contribution in [0.1, 0.15) is 46.4 Å². The van der Waals surface area contributed by atoms with Crippen molar-refractivity contribution in [2.45, 2.75) is 25.7 Å². The number of carboxylic acid groups (broad SMARTS) is 1. The van der Waals surface area contributed by atoms with Crippen molar-refractivity contribution in [1.29, 1.82) is 0 Å². The molecule has 0 spiro atoms. The predicted octanol–water partition coefficient (Wildman–Crippen LogP) is 2.33. The number of carbonyl (C=O) groups is 2. The van der Waals surface area contributed by atoms with Gasteiger partial charge in [0.2, 0.25) is 0 Å². The monoisotopic (exact) mass is 336 g/mol. The Balaban J connectivity index is 1.93. The van der Waals surface area contributed by atoms with Crippen LogP contribution in [0.3, 0.4) is 0 Å². The average molecular weight is 336 g/mol. The lowest BCUT2D eigenvalue weighted by Crippen LogP contribution is -2.31. The van der Waals surface area contributed by atoms with Crippen molar-refractivity contribution in [2.24, 2.45) is 0 Å². The van der Waals surface area contributed by atoms with Crippen molar-refractivity contribution in [3.63, 3.8) is 0 Å². The molecule has 2 rings (SSSR count). The minimum atomic E-state index is -1.33. The number of likely N-dealkylation sites (tertiary alicyclic amines) is 1. The molecule has 0 saturated carbocycles. The van der Waals surface area contributed by atoms with E-state index in [0.717, 1.165) is 37.8 Å². The van der Waals surface area contributed by atoms with Crippen LogP contribution in [0.2, 0.25) is 0 Å². The maximum absolute atomic E-state index is 12.1. The van der Waals surface area contributed by atoms with Crippen LogP contribution in [0.25, 0.3) is 0 Å². The normalized spacial score (nSPS) is 15.0. The summed E-state index contributed by atoms with van der Waals surface area (Å²) in [6.45, 7) is 3.05. The van der Waals surface area contributed by atoms with Crippen LogP contribution in [0, 0.1) is 10.1 Å². The van der Waals surface area contributed by atoms with Gasteiger partial charge in [-0.05, 0) is 38.4 Å². The van der Waals surface area contributed by atoms with Gasteiger partial charge in [0, 0.05) is 18.7 Å². The van der Waals surface area contributed by atoms with E-state index in [-0.39, 0.29) is 23.4 Å². The summed E-state index contributed by atoms with van der Waals surface area (Å²) in [5, 5.41) is 19.9. The van der Waals surface area contributed by atoms with Crippen molar-refractivity contribution in [2.75, 3.05) is 26.2 Å². The number of nitro benzene ring substituents is 1. The zero-order chi connectivity index (χ0) is 17.5. The van der Waals surface area contributed by atoms with E-state index in [9.17, 15) is 19.7 Å². The number of rotatable bonds is 7. The number of non-ortho nitro benzene ring substituents is 1. The molecular weight excluding hydrogens is 316 g/mol. The second-order valence-electron chi connectivity index (χ2n) is 5.68. The number of hydrogen-bond acceptors (Lipinski definition) is 6. The maximum Gasteiger partial charge on any atom is 0.339 e. The van der Waals surface area contributed by atoms with Crippen LogP contribution in [-0.2, 0) is 4.74 Å². The number of ether oxygens (including phenoxy) is 1. The minimum absolute atomic E-state index is 0.150. The SMILES string of the molecule is O=C(O)c1ccc([N+](=O)[O-])cc1C(=O)OCCCN1CCCCC1. The number of esters is 1. The summed E-state index contributed by atoms with van der Waals surface area (Å²) < 4.78 is 5.09. The fourth-order valence-corrected chi connectivity index (χ4v) is 2.71. The summed E-state index contributed by atoms with van der Waals surface area (Å²) in [5.41, 5.74) is -0.948. The van der Waals surface area contributed by atoms with Crippen molar-refractivity contribution in [1.82, 2.24) is 4.90 Å². The molecule has 0 amide bonds. The zero-order valence-electron chi connectivity index (χ0n) is 13.3. The van der Waals surface area contributed by atoms with E-state index >= 15 is 0 Å². The highest BCUT2D eigenvalue weighted by molar-refractivity contribution is 6.03. The Hall–Kier alpha value is -2.48. The van der Waals surface area contributed by atoms with Crippen LogP contribution in [0.4, 0.5) is 5.69 Å². The molecule has 0 radical (unpaired) electrons. The second kappa shape index (κ2) is 8.39. The Kier molecular flexibility index (Phi) is 6.25. The van der Waals surface area contributed by atoms with Gasteiger partial charge >= 0.3 is 11.9 Å². The fraction of sp³-hybridized carbons (Fsp3) is 0.500. The van der Waals surface area contributed by atoms with E-state index in [0.29, 0.717) is 6.42 Å². The molecule has 8 nitrogen and oxygen atoms in total. The summed E-state index contributed by atoms with van der Waals surface area (Å²) in [5.74, 6) is -2.18. The van der Waals surface area contributed by atoms with E-state index in [4.69, 9.17) is 9.84 Å². The first-order valence-corrected chi connectivity index (χ1v) is 7.90. The minimum Gasteiger partial charge on any atom is -0.478 e. The van der Waals surface area contributed by atoms with E-state index < -0.39 is 16.9 Å². The molecule has 1 aromatic rings. The molecule has 1 aliphatic rings. The highest BCUT2D eigenvalue weighted by Crippen LogP contribution is 2.19. The Morgan fingerprint density at radius 3 is 2.54 bits per heavy atom. The molecule has 1 saturated heterocycles. The molecule has 8 heteroatoms. The van der Waals surface area contributed by atoms with Crippen LogP contribution in [0.5, 0.6) is 0 Å². The highest BCUT2D eigenvalue weighted by atomic mass is 16.6. The number of nitro groups is 1. The molecule has 1 N–H and O–H groups in total. The number of benzene rings is 1. The largest absolute Gasteiger partial charge is 0.478 e. The van der Waals surface area contributed by atoms with Gasteiger partial charge in [0.1, 0.15) is 0 Å². The molecule has 1 aromatic carbocycles. The van der Waals surface area contributed by atoms with Gasteiger partial charge in [-0.3, -0.25) is 10.1 Å². The van der Waals surface area contributed by atoms with Crippen LogP contribution in [0.15, 0.2) is 18.2 Å². The number of nitrogens with zero attached hydrogens (tertiary/aromatic N) is 2.